The summed E-state index contributed by atoms with van der Waals surface area (Å²) in [5, 5.41) is 16.5. The van der Waals surface area contributed by atoms with E-state index in [2.05, 4.69) is 62.5 Å². The molecule has 35 heavy (non-hydrogen) atoms. The van der Waals surface area contributed by atoms with Crippen molar-refractivity contribution in [1.29, 1.82) is 0 Å². The van der Waals surface area contributed by atoms with E-state index in [0.717, 1.165) is 35.6 Å². The van der Waals surface area contributed by atoms with Crippen molar-refractivity contribution in [2.24, 2.45) is 0 Å². The van der Waals surface area contributed by atoms with Gasteiger partial charge < -0.3 is 20.3 Å². The Morgan fingerprint density at radius 2 is 1.69 bits per heavy atom. The van der Waals surface area contributed by atoms with Crippen molar-refractivity contribution in [3.8, 4) is 0 Å². The molecule has 180 valence electrons. The van der Waals surface area contributed by atoms with E-state index in [1.54, 1.807) is 6.20 Å². The average Bonchev–Trinajstić information content (AvgIpc) is 3.30. The van der Waals surface area contributed by atoms with Crippen LogP contribution in [0.25, 0.3) is 0 Å². The number of aliphatic hydroxyl groups excluding tert-OH is 1. The highest BCUT2D eigenvalue weighted by atomic mass is 127. The lowest BCUT2D eigenvalue weighted by atomic mass is 10.1. The Labute approximate surface area is 219 Å². The number of nitrogens with one attached hydrogen (secondary N) is 2. The van der Waals surface area contributed by atoms with Crippen LogP contribution in [0.1, 0.15) is 28.6 Å². The summed E-state index contributed by atoms with van der Waals surface area (Å²) >= 11 is 2.29. The zero-order valence-electron chi connectivity index (χ0n) is 19.4. The maximum atomic E-state index is 12.6. The monoisotopic (exact) mass is 580 g/mol. The number of aromatic nitrogens is 2. The molecule has 4 aromatic rings. The van der Waals surface area contributed by atoms with Gasteiger partial charge in [-0.05, 0) is 76.5 Å². The van der Waals surface area contributed by atoms with Gasteiger partial charge in [0.1, 0.15) is 5.82 Å². The molecule has 0 unspecified atom stereocenters. The van der Waals surface area contributed by atoms with Gasteiger partial charge in [0.2, 0.25) is 5.91 Å². The Kier molecular flexibility index (Phi) is 9.05. The maximum Gasteiger partial charge on any atom is 0.231 e. The van der Waals surface area contributed by atoms with Crippen molar-refractivity contribution >= 4 is 34.2 Å². The van der Waals surface area contributed by atoms with Crippen LogP contribution in [0.5, 0.6) is 0 Å². The molecule has 0 saturated heterocycles. The van der Waals surface area contributed by atoms with E-state index in [0.29, 0.717) is 13.1 Å². The average molecular weight is 580 g/mol. The highest BCUT2D eigenvalue weighted by molar-refractivity contribution is 14.1. The first-order valence-corrected chi connectivity index (χ1v) is 12.7. The molecular formula is C28H29IN4O2. The van der Waals surface area contributed by atoms with E-state index in [-0.39, 0.29) is 12.3 Å². The molecule has 0 bridgehead atoms. The second-order valence-corrected chi connectivity index (χ2v) is 9.65. The molecule has 3 aromatic carbocycles. The summed E-state index contributed by atoms with van der Waals surface area (Å²) in [5.74, 6) is 0.644. The van der Waals surface area contributed by atoms with Gasteiger partial charge in [-0.2, -0.15) is 0 Å². The van der Waals surface area contributed by atoms with E-state index in [1.165, 1.54) is 9.13 Å². The third-order valence-electron chi connectivity index (χ3n) is 5.74. The predicted molar refractivity (Wildman–Crippen MR) is 147 cm³/mol. The van der Waals surface area contributed by atoms with Gasteiger partial charge in [0.05, 0.1) is 12.5 Å². The molecule has 0 fully saturated rings. The Morgan fingerprint density at radius 3 is 2.43 bits per heavy atom. The highest BCUT2D eigenvalue weighted by Gasteiger charge is 2.10. The van der Waals surface area contributed by atoms with Crippen molar-refractivity contribution in [3.63, 3.8) is 0 Å². The zero-order valence-corrected chi connectivity index (χ0v) is 21.6. The minimum Gasteiger partial charge on any atom is -0.387 e. The third kappa shape index (κ3) is 7.74. The van der Waals surface area contributed by atoms with Crippen LogP contribution in [0, 0.1) is 3.57 Å². The van der Waals surface area contributed by atoms with Crippen LogP contribution in [0.4, 0.5) is 5.69 Å². The number of amides is 1. The molecule has 1 atom stereocenters. The number of hydrogen-bond donors (Lipinski definition) is 3. The van der Waals surface area contributed by atoms with Gasteiger partial charge in [-0.25, -0.2) is 4.98 Å². The van der Waals surface area contributed by atoms with Crippen LogP contribution in [-0.2, 0) is 24.2 Å². The summed E-state index contributed by atoms with van der Waals surface area (Å²) in [6.45, 7) is 1.96. The standard InChI is InChI=1S/C28H29IN4O2/c29-24-10-6-22(7-11-24)20-33-17-16-31-27(33)18-28(35)32-25-12-8-21(9-13-25)14-15-30-19-26(34)23-4-2-1-3-5-23/h1-13,16-17,26,30,34H,14-15,18-20H2,(H,32,35)/t26-/m0/s1. The number of benzene rings is 3. The van der Waals surface area contributed by atoms with E-state index >= 15 is 0 Å². The van der Waals surface area contributed by atoms with Gasteiger partial charge in [-0.15, -0.1) is 0 Å². The van der Waals surface area contributed by atoms with Crippen molar-refractivity contribution in [1.82, 2.24) is 14.9 Å². The molecule has 1 heterocycles. The molecule has 0 aliphatic carbocycles. The van der Waals surface area contributed by atoms with Crippen molar-refractivity contribution in [2.75, 3.05) is 18.4 Å². The molecule has 1 amide bonds. The Hall–Kier alpha value is -3.01. The van der Waals surface area contributed by atoms with E-state index in [1.807, 2.05) is 65.4 Å². The van der Waals surface area contributed by atoms with Crippen molar-refractivity contribution in [2.45, 2.75) is 25.5 Å². The minimum absolute atomic E-state index is 0.0932. The first kappa shape index (κ1) is 25.1. The van der Waals surface area contributed by atoms with Crippen LogP contribution in [-0.4, -0.2) is 33.7 Å². The molecule has 6 nitrogen and oxygen atoms in total. The van der Waals surface area contributed by atoms with Crippen LogP contribution in [0.15, 0.2) is 91.3 Å². The molecule has 3 N–H and O–H groups in total. The number of rotatable bonds is 11. The number of nitrogens with zero attached hydrogens (tertiary/aromatic N) is 2. The first-order chi connectivity index (χ1) is 17.1. The van der Waals surface area contributed by atoms with Gasteiger partial charge in [-0.3, -0.25) is 4.79 Å². The van der Waals surface area contributed by atoms with E-state index < -0.39 is 6.10 Å². The second kappa shape index (κ2) is 12.6. The van der Waals surface area contributed by atoms with E-state index in [4.69, 9.17) is 0 Å². The number of aliphatic hydroxyl groups is 1. The van der Waals surface area contributed by atoms with E-state index in [9.17, 15) is 9.90 Å². The molecule has 0 saturated carbocycles. The second-order valence-electron chi connectivity index (χ2n) is 8.40. The molecule has 0 radical (unpaired) electrons. The van der Waals surface area contributed by atoms with Gasteiger partial charge in [0, 0.05) is 34.7 Å². The Morgan fingerprint density at radius 1 is 0.971 bits per heavy atom. The molecule has 7 heteroatoms. The topological polar surface area (TPSA) is 79.2 Å². The molecule has 0 aliphatic heterocycles. The highest BCUT2D eigenvalue weighted by Crippen LogP contribution is 2.13. The number of carbonyl (C=O) groups excluding carboxylic acids is 1. The third-order valence-corrected chi connectivity index (χ3v) is 6.46. The maximum absolute atomic E-state index is 12.6. The van der Waals surface area contributed by atoms with Crippen LogP contribution < -0.4 is 10.6 Å². The summed E-state index contributed by atoms with van der Waals surface area (Å²) in [6.07, 6.45) is 4.18. The lowest BCUT2D eigenvalue weighted by Gasteiger charge is -2.12. The summed E-state index contributed by atoms with van der Waals surface area (Å²) in [5.41, 5.74) is 4.02. The molecular weight excluding hydrogens is 551 g/mol. The fraction of sp³-hybridized carbons (Fsp3) is 0.214. The molecule has 1 aromatic heterocycles. The quantitative estimate of drug-likeness (QED) is 0.179. The van der Waals surface area contributed by atoms with Crippen LogP contribution in [0.2, 0.25) is 0 Å². The normalized spacial score (nSPS) is 11.8. The summed E-state index contributed by atoms with van der Waals surface area (Å²) in [7, 11) is 0. The summed E-state index contributed by atoms with van der Waals surface area (Å²) < 4.78 is 3.20. The van der Waals surface area contributed by atoms with Crippen molar-refractivity contribution < 1.29 is 9.90 Å². The van der Waals surface area contributed by atoms with Gasteiger partial charge in [-0.1, -0.05) is 54.6 Å². The summed E-state index contributed by atoms with van der Waals surface area (Å²) in [6, 6.07) is 25.9. The van der Waals surface area contributed by atoms with Gasteiger partial charge in [0.25, 0.3) is 0 Å². The number of carbonyl (C=O) groups is 1. The minimum atomic E-state index is -0.513. The summed E-state index contributed by atoms with van der Waals surface area (Å²) in [4.78, 5) is 17.0. The number of hydrogen-bond acceptors (Lipinski definition) is 4. The first-order valence-electron chi connectivity index (χ1n) is 11.6. The van der Waals surface area contributed by atoms with Crippen LogP contribution in [0.3, 0.4) is 0 Å². The fourth-order valence-corrected chi connectivity index (χ4v) is 4.17. The Bertz CT molecular complexity index is 1210. The Balaban J connectivity index is 1.21. The molecule has 0 aliphatic rings. The smallest absolute Gasteiger partial charge is 0.231 e. The number of anilines is 1. The lowest BCUT2D eigenvalue weighted by Crippen LogP contribution is -2.23. The van der Waals surface area contributed by atoms with Gasteiger partial charge in [0.15, 0.2) is 0 Å². The lowest BCUT2D eigenvalue weighted by molar-refractivity contribution is -0.115. The van der Waals surface area contributed by atoms with Crippen LogP contribution >= 0.6 is 22.6 Å². The zero-order chi connectivity index (χ0) is 24.5. The number of imidazole rings is 1. The largest absolute Gasteiger partial charge is 0.387 e. The van der Waals surface area contributed by atoms with Crippen molar-refractivity contribution in [3.05, 3.63) is 117 Å². The number of halogens is 1. The molecule has 0 spiro atoms. The predicted octanol–water partition coefficient (Wildman–Crippen LogP) is 4.58. The SMILES string of the molecule is O=C(Cc1nccn1Cc1ccc(I)cc1)Nc1ccc(CCNC[C@H](O)c2ccccc2)cc1. The fourth-order valence-electron chi connectivity index (χ4n) is 3.81. The molecule has 4 rings (SSSR count). The van der Waals surface area contributed by atoms with Gasteiger partial charge >= 0.3 is 0 Å².